The average Bonchev–Trinajstić information content (AvgIpc) is 2.50. The van der Waals surface area contributed by atoms with Crippen LogP contribution in [0.15, 0.2) is 18.2 Å². The lowest BCUT2D eigenvalue weighted by Crippen LogP contribution is -2.41. The Bertz CT molecular complexity index is 513. The van der Waals surface area contributed by atoms with E-state index >= 15 is 0 Å². The van der Waals surface area contributed by atoms with E-state index in [1.165, 1.54) is 12.1 Å². The summed E-state index contributed by atoms with van der Waals surface area (Å²) in [6.45, 7) is 6.81. The van der Waals surface area contributed by atoms with Crippen LogP contribution in [0.2, 0.25) is 0 Å². The maximum atomic E-state index is 13.6. The van der Waals surface area contributed by atoms with Gasteiger partial charge in [-0.05, 0) is 51.3 Å². The summed E-state index contributed by atoms with van der Waals surface area (Å²) < 4.78 is 53.1. The SMILES string of the molecule is CC(C)(C)[S@@+]([O-])NC(CCC1OCCCO1)c1cc(F)cc(F)c1. The molecule has 0 aromatic heterocycles. The van der Waals surface area contributed by atoms with Gasteiger partial charge in [0.25, 0.3) is 0 Å². The molecule has 2 atom stereocenters. The second-order valence-electron chi connectivity index (χ2n) is 6.86. The third-order valence-corrected chi connectivity index (χ3v) is 5.29. The highest BCUT2D eigenvalue weighted by Crippen LogP contribution is 2.26. The molecule has 2 rings (SSSR count). The molecule has 1 aliphatic rings. The monoisotopic (exact) mass is 361 g/mol. The van der Waals surface area contributed by atoms with Crippen LogP contribution >= 0.6 is 0 Å². The number of hydrogen-bond acceptors (Lipinski definition) is 4. The molecule has 0 bridgehead atoms. The molecular formula is C17H25F2NO3S. The Kier molecular flexibility index (Phi) is 7.00. The molecule has 0 radical (unpaired) electrons. The van der Waals surface area contributed by atoms with Gasteiger partial charge in [-0.1, -0.05) is 0 Å². The summed E-state index contributed by atoms with van der Waals surface area (Å²) in [4.78, 5) is 0. The third kappa shape index (κ3) is 5.97. The quantitative estimate of drug-likeness (QED) is 0.787. The van der Waals surface area contributed by atoms with Gasteiger partial charge in [0.2, 0.25) is 0 Å². The Labute approximate surface area is 145 Å². The summed E-state index contributed by atoms with van der Waals surface area (Å²) in [6.07, 6.45) is 1.58. The van der Waals surface area contributed by atoms with Crippen molar-refractivity contribution in [3.05, 3.63) is 35.4 Å². The molecule has 0 aliphatic carbocycles. The molecule has 24 heavy (non-hydrogen) atoms. The molecule has 1 heterocycles. The van der Waals surface area contributed by atoms with Crippen LogP contribution in [-0.2, 0) is 20.8 Å². The largest absolute Gasteiger partial charge is 0.598 e. The van der Waals surface area contributed by atoms with Crippen LogP contribution in [0.4, 0.5) is 8.78 Å². The van der Waals surface area contributed by atoms with Gasteiger partial charge < -0.3 is 14.0 Å². The second-order valence-corrected chi connectivity index (χ2v) is 8.85. The van der Waals surface area contributed by atoms with Gasteiger partial charge in [0.05, 0.1) is 19.3 Å². The zero-order chi connectivity index (χ0) is 17.7. The zero-order valence-corrected chi connectivity index (χ0v) is 15.1. The number of hydrogen-bond donors (Lipinski definition) is 1. The van der Waals surface area contributed by atoms with Crippen LogP contribution < -0.4 is 4.72 Å². The van der Waals surface area contributed by atoms with Gasteiger partial charge in [0.1, 0.15) is 16.4 Å². The number of ether oxygens (including phenoxy) is 2. The fourth-order valence-electron chi connectivity index (χ4n) is 2.38. The maximum Gasteiger partial charge on any atom is 0.157 e. The first-order valence-corrected chi connectivity index (χ1v) is 9.28. The van der Waals surface area contributed by atoms with Crippen LogP contribution in [0.1, 0.15) is 51.6 Å². The molecule has 136 valence electrons. The van der Waals surface area contributed by atoms with E-state index in [-0.39, 0.29) is 6.29 Å². The van der Waals surface area contributed by atoms with Crippen molar-refractivity contribution in [3.63, 3.8) is 0 Å². The highest BCUT2D eigenvalue weighted by atomic mass is 32.2. The van der Waals surface area contributed by atoms with E-state index in [4.69, 9.17) is 9.47 Å². The summed E-state index contributed by atoms with van der Waals surface area (Å²) in [5, 5.41) is 0. The van der Waals surface area contributed by atoms with Gasteiger partial charge in [0.15, 0.2) is 6.29 Å². The van der Waals surface area contributed by atoms with E-state index < -0.39 is 33.8 Å². The molecule has 1 aliphatic heterocycles. The first-order valence-electron chi connectivity index (χ1n) is 8.13. The second kappa shape index (κ2) is 8.58. The molecule has 1 saturated heterocycles. The van der Waals surface area contributed by atoms with E-state index in [9.17, 15) is 13.3 Å². The minimum Gasteiger partial charge on any atom is -0.598 e. The van der Waals surface area contributed by atoms with Crippen molar-refractivity contribution < 1.29 is 22.8 Å². The fraction of sp³-hybridized carbons (Fsp3) is 0.647. The van der Waals surface area contributed by atoms with Crippen LogP contribution in [0.3, 0.4) is 0 Å². The highest BCUT2D eigenvalue weighted by molar-refractivity contribution is 7.90. The van der Waals surface area contributed by atoms with Crippen molar-refractivity contribution >= 4 is 11.4 Å². The molecule has 0 amide bonds. The van der Waals surface area contributed by atoms with Crippen molar-refractivity contribution in [2.75, 3.05) is 13.2 Å². The molecule has 1 N–H and O–H groups in total. The smallest absolute Gasteiger partial charge is 0.157 e. The molecule has 0 spiro atoms. The predicted octanol–water partition coefficient (Wildman–Crippen LogP) is 3.60. The minimum atomic E-state index is -1.36. The summed E-state index contributed by atoms with van der Waals surface area (Å²) in [7, 11) is 0. The lowest BCUT2D eigenvalue weighted by atomic mass is 10.0. The molecular weight excluding hydrogens is 336 g/mol. The van der Waals surface area contributed by atoms with Crippen molar-refractivity contribution in [2.24, 2.45) is 0 Å². The number of rotatable bonds is 6. The predicted molar refractivity (Wildman–Crippen MR) is 89.7 cm³/mol. The number of halogens is 2. The average molecular weight is 361 g/mol. The van der Waals surface area contributed by atoms with Gasteiger partial charge in [-0.25, -0.2) is 8.78 Å². The Morgan fingerprint density at radius 3 is 2.33 bits per heavy atom. The van der Waals surface area contributed by atoms with Crippen molar-refractivity contribution in [3.8, 4) is 0 Å². The lowest BCUT2D eigenvalue weighted by molar-refractivity contribution is -0.182. The molecule has 4 nitrogen and oxygen atoms in total. The minimum absolute atomic E-state index is 0.329. The fourth-order valence-corrected chi connectivity index (χ4v) is 3.25. The topological polar surface area (TPSA) is 53.5 Å². The Hall–Kier alpha value is -0.730. The summed E-state index contributed by atoms with van der Waals surface area (Å²) >= 11 is -1.36. The van der Waals surface area contributed by atoms with Gasteiger partial charge in [0, 0.05) is 23.8 Å². The summed E-state index contributed by atoms with van der Waals surface area (Å²) in [6, 6.07) is 2.91. The van der Waals surface area contributed by atoms with Crippen LogP contribution in [-0.4, -0.2) is 28.8 Å². The number of nitrogens with one attached hydrogen (secondary N) is 1. The van der Waals surface area contributed by atoms with E-state index in [1.807, 2.05) is 20.8 Å². The lowest BCUT2D eigenvalue weighted by Gasteiger charge is -2.29. The molecule has 1 aromatic carbocycles. The van der Waals surface area contributed by atoms with Crippen LogP contribution in [0.5, 0.6) is 0 Å². The molecule has 1 fully saturated rings. The van der Waals surface area contributed by atoms with Crippen molar-refractivity contribution in [1.29, 1.82) is 0 Å². The van der Waals surface area contributed by atoms with Crippen molar-refractivity contribution in [2.45, 2.75) is 57.1 Å². The first kappa shape index (κ1) is 19.6. The Balaban J connectivity index is 2.10. The Morgan fingerprint density at radius 2 is 1.79 bits per heavy atom. The standard InChI is InChI=1S/C17H25F2NO3S/c1-17(2,3)24(21)20-15(5-6-16-22-7-4-8-23-16)12-9-13(18)11-14(19)10-12/h9-11,15-16,20H,4-8H2,1-3H3/t15?,24-/m1/s1. The van der Waals surface area contributed by atoms with E-state index in [2.05, 4.69) is 4.72 Å². The van der Waals surface area contributed by atoms with Crippen LogP contribution in [0, 0.1) is 11.6 Å². The molecule has 1 aromatic rings. The summed E-state index contributed by atoms with van der Waals surface area (Å²) in [5.74, 6) is -1.30. The van der Waals surface area contributed by atoms with Gasteiger partial charge >= 0.3 is 0 Å². The third-order valence-electron chi connectivity index (χ3n) is 3.68. The first-order chi connectivity index (χ1) is 11.3. The van der Waals surface area contributed by atoms with E-state index in [0.717, 1.165) is 12.5 Å². The molecule has 7 heteroatoms. The zero-order valence-electron chi connectivity index (χ0n) is 14.3. The van der Waals surface area contributed by atoms with E-state index in [0.29, 0.717) is 31.6 Å². The summed E-state index contributed by atoms with van der Waals surface area (Å²) in [5.41, 5.74) is 0.431. The van der Waals surface area contributed by atoms with E-state index in [1.54, 1.807) is 0 Å². The van der Waals surface area contributed by atoms with Gasteiger partial charge in [-0.2, -0.15) is 0 Å². The maximum absolute atomic E-state index is 13.6. The Morgan fingerprint density at radius 1 is 1.21 bits per heavy atom. The van der Waals surface area contributed by atoms with Gasteiger partial charge in [-0.3, -0.25) is 0 Å². The van der Waals surface area contributed by atoms with Crippen LogP contribution in [0.25, 0.3) is 0 Å². The normalized spacial score (nSPS) is 19.2. The van der Waals surface area contributed by atoms with Gasteiger partial charge in [-0.15, -0.1) is 4.72 Å². The van der Waals surface area contributed by atoms with Crippen molar-refractivity contribution in [1.82, 2.24) is 4.72 Å². The molecule has 1 unspecified atom stereocenters. The highest BCUT2D eigenvalue weighted by Gasteiger charge is 2.30. The molecule has 0 saturated carbocycles. The number of benzene rings is 1.